The molecule has 1 amide bonds. The van der Waals surface area contributed by atoms with Crippen molar-refractivity contribution in [1.82, 2.24) is 10.5 Å². The van der Waals surface area contributed by atoms with E-state index in [9.17, 15) is 4.79 Å². The average Bonchev–Trinajstić information content (AvgIpc) is 3.29. The third-order valence-electron chi connectivity index (χ3n) is 6.91. The molecule has 1 aromatic carbocycles. The number of unbranched alkanes of at least 4 members (excludes halogenated alkanes) is 15. The second kappa shape index (κ2) is 19.3. The van der Waals surface area contributed by atoms with Crippen LogP contribution in [0.3, 0.4) is 0 Å². The van der Waals surface area contributed by atoms with Gasteiger partial charge in [-0.05, 0) is 18.9 Å². The van der Waals surface area contributed by atoms with Crippen molar-refractivity contribution in [2.75, 3.05) is 6.54 Å². The average molecular weight is 517 g/mol. The lowest BCUT2D eigenvalue weighted by molar-refractivity contribution is 0.0951. The van der Waals surface area contributed by atoms with Gasteiger partial charge in [0.25, 0.3) is 5.91 Å². The molecule has 0 aliphatic carbocycles. The van der Waals surface area contributed by atoms with E-state index in [1.54, 1.807) is 0 Å². The van der Waals surface area contributed by atoms with E-state index in [1.165, 1.54) is 89.9 Å². The number of halogens is 1. The molecule has 0 fully saturated rings. The number of hydrogen-bond donors (Lipinski definition) is 1. The monoisotopic (exact) mass is 516 g/mol. The van der Waals surface area contributed by atoms with Crippen molar-refractivity contribution in [3.05, 3.63) is 40.6 Å². The molecule has 0 atom stereocenters. The summed E-state index contributed by atoms with van der Waals surface area (Å²) in [5, 5.41) is 7.85. The van der Waals surface area contributed by atoms with E-state index in [0.29, 0.717) is 35.0 Å². The van der Waals surface area contributed by atoms with Gasteiger partial charge in [-0.25, -0.2) is 0 Å². The summed E-state index contributed by atoms with van der Waals surface area (Å²) >= 11 is 6.36. The maximum atomic E-state index is 13.0. The number of carbonyl (C=O) groups excluding carboxylic acids is 1. The number of rotatable bonds is 21. The summed E-state index contributed by atoms with van der Waals surface area (Å²) in [5.74, 6) is 0.521. The highest BCUT2D eigenvalue weighted by Crippen LogP contribution is 2.31. The molecule has 0 aliphatic heterocycles. The highest BCUT2D eigenvalue weighted by Gasteiger charge is 2.24. The minimum atomic E-state index is -0.115. The third-order valence-corrected chi connectivity index (χ3v) is 7.24. The predicted molar refractivity (Wildman–Crippen MR) is 153 cm³/mol. The van der Waals surface area contributed by atoms with Crippen LogP contribution in [0.25, 0.3) is 11.3 Å². The molecule has 0 aliphatic rings. The van der Waals surface area contributed by atoms with Crippen LogP contribution in [0.1, 0.15) is 139 Å². The first-order valence-corrected chi connectivity index (χ1v) is 15.1. The largest absolute Gasteiger partial charge is 0.360 e. The first-order chi connectivity index (χ1) is 17.7. The molecule has 2 rings (SSSR count). The molecular formula is C31H49ClN2O2. The van der Waals surface area contributed by atoms with Crippen LogP contribution in [-0.2, 0) is 6.42 Å². The molecule has 2 aromatic rings. The van der Waals surface area contributed by atoms with Crippen molar-refractivity contribution in [1.29, 1.82) is 0 Å². The minimum absolute atomic E-state index is 0.115. The number of aryl methyl sites for hydroxylation is 1. The highest BCUT2D eigenvalue weighted by molar-refractivity contribution is 6.33. The lowest BCUT2D eigenvalue weighted by Crippen LogP contribution is -2.25. The van der Waals surface area contributed by atoms with Gasteiger partial charge in [0, 0.05) is 18.5 Å². The van der Waals surface area contributed by atoms with E-state index < -0.39 is 0 Å². The Morgan fingerprint density at radius 3 is 1.83 bits per heavy atom. The Labute approximate surface area is 224 Å². The Kier molecular flexibility index (Phi) is 16.3. The van der Waals surface area contributed by atoms with Crippen LogP contribution in [0.15, 0.2) is 28.8 Å². The molecule has 1 N–H and O–H groups in total. The smallest absolute Gasteiger partial charge is 0.257 e. The van der Waals surface area contributed by atoms with Gasteiger partial charge < -0.3 is 9.84 Å². The van der Waals surface area contributed by atoms with Gasteiger partial charge in [0.15, 0.2) is 0 Å². The van der Waals surface area contributed by atoms with Crippen molar-refractivity contribution in [3.63, 3.8) is 0 Å². The van der Waals surface area contributed by atoms with E-state index in [4.69, 9.17) is 16.1 Å². The Balaban J connectivity index is 1.55. The number of amides is 1. The molecule has 1 heterocycles. The SMILES string of the molecule is CCCCCCCCCCCCCCCCCCNC(=O)c1c(-c2ccccc2Cl)noc1CCC. The van der Waals surface area contributed by atoms with Crippen LogP contribution in [-0.4, -0.2) is 17.6 Å². The molecule has 0 saturated heterocycles. The van der Waals surface area contributed by atoms with Crippen LogP contribution >= 0.6 is 11.6 Å². The van der Waals surface area contributed by atoms with Crippen LogP contribution in [0.5, 0.6) is 0 Å². The lowest BCUT2D eigenvalue weighted by Gasteiger charge is -2.08. The Bertz CT molecular complexity index is 849. The Hall–Kier alpha value is -1.81. The zero-order valence-corrected chi connectivity index (χ0v) is 23.6. The van der Waals surface area contributed by atoms with Crippen LogP contribution < -0.4 is 5.32 Å². The van der Waals surface area contributed by atoms with Crippen molar-refractivity contribution < 1.29 is 9.32 Å². The highest BCUT2D eigenvalue weighted by atomic mass is 35.5. The fourth-order valence-electron chi connectivity index (χ4n) is 4.76. The number of nitrogens with one attached hydrogen (secondary N) is 1. The third kappa shape index (κ3) is 11.5. The summed E-state index contributed by atoms with van der Waals surface area (Å²) in [4.78, 5) is 13.0. The van der Waals surface area contributed by atoms with E-state index in [-0.39, 0.29) is 5.91 Å². The standard InChI is InChI=1S/C31H49ClN2O2/c1-3-5-6-7-8-9-10-11-12-13-14-15-16-17-18-21-25-33-31(35)29-28(22-4-2)36-34-30(29)26-23-19-20-24-27(26)32/h19-20,23-24H,3-18,21-22,25H2,1-2H3,(H,33,35). The normalized spacial score (nSPS) is 11.2. The molecule has 0 radical (unpaired) electrons. The molecule has 0 bridgehead atoms. The van der Waals surface area contributed by atoms with Crippen LogP contribution in [0.4, 0.5) is 0 Å². The number of nitrogens with zero attached hydrogens (tertiary/aromatic N) is 1. The second-order valence-corrected chi connectivity index (χ2v) is 10.5. The van der Waals surface area contributed by atoms with Crippen LogP contribution in [0, 0.1) is 0 Å². The van der Waals surface area contributed by atoms with Crippen molar-refractivity contribution in [2.24, 2.45) is 0 Å². The zero-order chi connectivity index (χ0) is 25.8. The predicted octanol–water partition coefficient (Wildman–Crippen LogP) is 9.94. The molecule has 5 heteroatoms. The molecule has 0 unspecified atom stereocenters. The van der Waals surface area contributed by atoms with Crippen molar-refractivity contribution >= 4 is 17.5 Å². The topological polar surface area (TPSA) is 55.1 Å². The van der Waals surface area contributed by atoms with Gasteiger partial charge in [-0.2, -0.15) is 0 Å². The number of carbonyl (C=O) groups is 1. The molecule has 202 valence electrons. The summed E-state index contributed by atoms with van der Waals surface area (Å²) in [6, 6.07) is 7.45. The van der Waals surface area contributed by atoms with E-state index >= 15 is 0 Å². The molecule has 1 aromatic heterocycles. The summed E-state index contributed by atoms with van der Waals surface area (Å²) in [5.41, 5.74) is 1.80. The van der Waals surface area contributed by atoms with Gasteiger partial charge in [-0.1, -0.05) is 145 Å². The molecule has 0 saturated carbocycles. The van der Waals surface area contributed by atoms with Gasteiger partial charge in [-0.15, -0.1) is 0 Å². The molecule has 36 heavy (non-hydrogen) atoms. The van der Waals surface area contributed by atoms with Gasteiger partial charge in [-0.3, -0.25) is 4.79 Å². The maximum Gasteiger partial charge on any atom is 0.257 e. The van der Waals surface area contributed by atoms with Crippen molar-refractivity contribution in [3.8, 4) is 11.3 Å². The first kappa shape index (κ1) is 30.4. The van der Waals surface area contributed by atoms with Crippen LogP contribution in [0.2, 0.25) is 5.02 Å². The Morgan fingerprint density at radius 2 is 1.31 bits per heavy atom. The van der Waals surface area contributed by atoms with E-state index in [1.807, 2.05) is 24.3 Å². The van der Waals surface area contributed by atoms with Gasteiger partial charge >= 0.3 is 0 Å². The van der Waals surface area contributed by atoms with Crippen molar-refractivity contribution in [2.45, 2.75) is 129 Å². The summed E-state index contributed by atoms with van der Waals surface area (Å²) < 4.78 is 5.53. The lowest BCUT2D eigenvalue weighted by atomic mass is 10.0. The number of hydrogen-bond acceptors (Lipinski definition) is 3. The fraction of sp³-hybridized carbons (Fsp3) is 0.677. The van der Waals surface area contributed by atoms with E-state index in [2.05, 4.69) is 24.3 Å². The molecule has 4 nitrogen and oxygen atoms in total. The fourth-order valence-corrected chi connectivity index (χ4v) is 4.98. The van der Waals surface area contributed by atoms with Gasteiger partial charge in [0.1, 0.15) is 17.0 Å². The maximum absolute atomic E-state index is 13.0. The summed E-state index contributed by atoms with van der Waals surface area (Å²) in [6.45, 7) is 5.02. The first-order valence-electron chi connectivity index (χ1n) is 14.7. The number of benzene rings is 1. The Morgan fingerprint density at radius 1 is 0.778 bits per heavy atom. The van der Waals surface area contributed by atoms with E-state index in [0.717, 1.165) is 24.8 Å². The molecular weight excluding hydrogens is 468 g/mol. The zero-order valence-electron chi connectivity index (χ0n) is 22.9. The number of aromatic nitrogens is 1. The summed E-state index contributed by atoms with van der Waals surface area (Å²) in [6.07, 6.45) is 23.1. The molecule has 0 spiro atoms. The second-order valence-electron chi connectivity index (χ2n) is 10.1. The van der Waals surface area contributed by atoms with Gasteiger partial charge in [0.2, 0.25) is 0 Å². The quantitative estimate of drug-likeness (QED) is 0.168. The van der Waals surface area contributed by atoms with Gasteiger partial charge in [0.05, 0.1) is 5.02 Å². The minimum Gasteiger partial charge on any atom is -0.360 e. The summed E-state index contributed by atoms with van der Waals surface area (Å²) in [7, 11) is 0.